The van der Waals surface area contributed by atoms with Gasteiger partial charge >= 0.3 is 0 Å². The van der Waals surface area contributed by atoms with Crippen LogP contribution in [-0.4, -0.2) is 47.7 Å². The predicted octanol–water partition coefficient (Wildman–Crippen LogP) is -0.0649. The number of aromatic nitrogens is 2. The van der Waals surface area contributed by atoms with Crippen LogP contribution >= 0.6 is 0 Å². The minimum atomic E-state index is -3.40. The molecule has 2 bridgehead atoms. The molecule has 2 saturated heterocycles. The Kier molecular flexibility index (Phi) is 2.91. The summed E-state index contributed by atoms with van der Waals surface area (Å²) in [6, 6.07) is 2.36. The Hall–Kier alpha value is -0.920. The van der Waals surface area contributed by atoms with Crippen LogP contribution in [0.3, 0.4) is 0 Å². The first kappa shape index (κ1) is 12.1. The maximum Gasteiger partial charge on any atom is 0.260 e. The van der Waals surface area contributed by atoms with Gasteiger partial charge < -0.3 is 5.32 Å². The molecule has 2 aliphatic heterocycles. The van der Waals surface area contributed by atoms with Crippen LogP contribution < -0.4 is 5.32 Å². The van der Waals surface area contributed by atoms with Gasteiger partial charge in [0.1, 0.15) is 0 Å². The van der Waals surface area contributed by atoms with E-state index in [0.29, 0.717) is 25.2 Å². The molecule has 1 N–H and O–H groups in total. The van der Waals surface area contributed by atoms with Gasteiger partial charge in [0.15, 0.2) is 5.03 Å². The largest absolute Gasteiger partial charge is 0.310 e. The minimum Gasteiger partial charge on any atom is -0.310 e. The normalized spacial score (nSPS) is 29.4. The van der Waals surface area contributed by atoms with Crippen LogP contribution in [0.2, 0.25) is 0 Å². The van der Waals surface area contributed by atoms with E-state index in [1.165, 1.54) is 17.3 Å². The van der Waals surface area contributed by atoms with Crippen LogP contribution in [-0.2, 0) is 17.1 Å². The van der Waals surface area contributed by atoms with E-state index in [-0.39, 0.29) is 5.03 Å². The van der Waals surface area contributed by atoms with E-state index in [0.717, 1.165) is 12.8 Å². The van der Waals surface area contributed by atoms with Crippen molar-refractivity contribution in [1.29, 1.82) is 0 Å². The Labute approximate surface area is 107 Å². The van der Waals surface area contributed by atoms with Gasteiger partial charge in [0.05, 0.1) is 6.20 Å². The summed E-state index contributed by atoms with van der Waals surface area (Å²) in [5.74, 6) is 0. The molecule has 0 saturated carbocycles. The molecule has 7 heteroatoms. The van der Waals surface area contributed by atoms with Crippen LogP contribution in [0.4, 0.5) is 0 Å². The summed E-state index contributed by atoms with van der Waals surface area (Å²) < 4.78 is 28.1. The fourth-order valence-corrected chi connectivity index (χ4v) is 4.48. The second kappa shape index (κ2) is 4.32. The monoisotopic (exact) mass is 270 g/mol. The van der Waals surface area contributed by atoms with Crippen molar-refractivity contribution in [2.75, 3.05) is 13.1 Å². The van der Waals surface area contributed by atoms with Gasteiger partial charge in [-0.3, -0.25) is 4.68 Å². The van der Waals surface area contributed by atoms with E-state index in [4.69, 9.17) is 0 Å². The van der Waals surface area contributed by atoms with Gasteiger partial charge in [0, 0.05) is 32.2 Å². The van der Waals surface area contributed by atoms with E-state index in [9.17, 15) is 8.42 Å². The quantitative estimate of drug-likeness (QED) is 0.817. The molecular formula is C11H18N4O2S. The molecular weight excluding hydrogens is 252 g/mol. The first-order chi connectivity index (χ1) is 8.57. The molecule has 2 unspecified atom stereocenters. The molecule has 100 valence electrons. The smallest absolute Gasteiger partial charge is 0.260 e. The number of aryl methyl sites for hydroxylation is 1. The van der Waals surface area contributed by atoms with Crippen molar-refractivity contribution in [2.45, 2.75) is 36.4 Å². The second-order valence-electron chi connectivity index (χ2n) is 5.08. The highest BCUT2D eigenvalue weighted by Crippen LogP contribution is 2.24. The summed E-state index contributed by atoms with van der Waals surface area (Å²) in [6.07, 6.45) is 4.66. The van der Waals surface area contributed by atoms with Crippen molar-refractivity contribution in [2.24, 2.45) is 7.05 Å². The van der Waals surface area contributed by atoms with E-state index in [2.05, 4.69) is 10.4 Å². The van der Waals surface area contributed by atoms with Crippen LogP contribution in [0.5, 0.6) is 0 Å². The zero-order valence-electron chi connectivity index (χ0n) is 10.4. The van der Waals surface area contributed by atoms with Crippen molar-refractivity contribution >= 4 is 10.0 Å². The molecule has 0 aromatic carbocycles. The molecule has 6 nitrogen and oxygen atoms in total. The van der Waals surface area contributed by atoms with E-state index < -0.39 is 10.0 Å². The summed E-state index contributed by atoms with van der Waals surface area (Å²) in [4.78, 5) is 0. The van der Waals surface area contributed by atoms with Gasteiger partial charge in [-0.15, -0.1) is 0 Å². The number of sulfonamides is 1. The lowest BCUT2D eigenvalue weighted by Gasteiger charge is -2.23. The van der Waals surface area contributed by atoms with Gasteiger partial charge in [-0.05, 0) is 25.3 Å². The van der Waals surface area contributed by atoms with Gasteiger partial charge in [-0.25, -0.2) is 8.42 Å². The zero-order chi connectivity index (χ0) is 12.8. The average Bonchev–Trinajstić information content (AvgIpc) is 2.84. The lowest BCUT2D eigenvalue weighted by Crippen LogP contribution is -2.39. The highest BCUT2D eigenvalue weighted by Gasteiger charge is 2.35. The van der Waals surface area contributed by atoms with Crippen molar-refractivity contribution < 1.29 is 8.42 Å². The number of nitrogens with zero attached hydrogens (tertiary/aromatic N) is 3. The number of nitrogens with one attached hydrogen (secondary N) is 1. The highest BCUT2D eigenvalue weighted by atomic mass is 32.2. The first-order valence-corrected chi connectivity index (χ1v) is 7.75. The fraction of sp³-hybridized carbons (Fsp3) is 0.727. The topological polar surface area (TPSA) is 67.2 Å². The van der Waals surface area contributed by atoms with Crippen molar-refractivity contribution in [3.05, 3.63) is 12.3 Å². The molecule has 2 atom stereocenters. The minimum absolute atomic E-state index is 0.278. The number of rotatable bonds is 2. The molecule has 3 heterocycles. The van der Waals surface area contributed by atoms with Crippen molar-refractivity contribution in [3.63, 3.8) is 0 Å². The Bertz CT molecular complexity index is 539. The third kappa shape index (κ3) is 1.96. The van der Waals surface area contributed by atoms with Crippen LogP contribution in [0.1, 0.15) is 19.3 Å². The standard InChI is InChI=1S/C11H18N4O2S/c1-14-11(4-6-12-14)18(16,17)15-7-5-9-2-3-10(8-15)13-9/h4,6,9-10,13H,2-3,5,7-8H2,1H3. The second-order valence-corrected chi connectivity index (χ2v) is 6.97. The Morgan fingerprint density at radius 2 is 2.11 bits per heavy atom. The predicted molar refractivity (Wildman–Crippen MR) is 66.5 cm³/mol. The van der Waals surface area contributed by atoms with E-state index in [1.54, 1.807) is 17.4 Å². The summed E-state index contributed by atoms with van der Waals surface area (Å²) in [5, 5.41) is 7.71. The number of hydrogen-bond acceptors (Lipinski definition) is 4. The average molecular weight is 270 g/mol. The maximum absolute atomic E-state index is 12.5. The van der Waals surface area contributed by atoms with Crippen LogP contribution in [0, 0.1) is 0 Å². The van der Waals surface area contributed by atoms with Gasteiger partial charge in [0.2, 0.25) is 0 Å². The third-order valence-corrected chi connectivity index (χ3v) is 5.81. The summed E-state index contributed by atoms with van der Waals surface area (Å²) >= 11 is 0. The van der Waals surface area contributed by atoms with Crippen molar-refractivity contribution in [1.82, 2.24) is 19.4 Å². The van der Waals surface area contributed by atoms with E-state index in [1.807, 2.05) is 0 Å². The molecule has 2 fully saturated rings. The first-order valence-electron chi connectivity index (χ1n) is 6.31. The van der Waals surface area contributed by atoms with Crippen LogP contribution in [0.15, 0.2) is 17.3 Å². The zero-order valence-corrected chi connectivity index (χ0v) is 11.2. The molecule has 0 aliphatic carbocycles. The molecule has 0 amide bonds. The van der Waals surface area contributed by atoms with Gasteiger partial charge in [-0.2, -0.15) is 9.40 Å². The molecule has 0 radical (unpaired) electrons. The summed E-state index contributed by atoms with van der Waals surface area (Å²) in [6.45, 7) is 1.17. The summed E-state index contributed by atoms with van der Waals surface area (Å²) in [5.41, 5.74) is 0. The summed E-state index contributed by atoms with van der Waals surface area (Å²) in [7, 11) is -1.74. The van der Waals surface area contributed by atoms with Gasteiger partial charge in [-0.1, -0.05) is 0 Å². The molecule has 3 rings (SSSR count). The molecule has 18 heavy (non-hydrogen) atoms. The third-order valence-electron chi connectivity index (χ3n) is 3.87. The maximum atomic E-state index is 12.5. The lowest BCUT2D eigenvalue weighted by molar-refractivity contribution is 0.379. The van der Waals surface area contributed by atoms with Crippen LogP contribution in [0.25, 0.3) is 0 Å². The molecule has 0 spiro atoms. The Morgan fingerprint density at radius 3 is 2.83 bits per heavy atom. The van der Waals surface area contributed by atoms with Gasteiger partial charge in [0.25, 0.3) is 10.0 Å². The number of hydrogen-bond donors (Lipinski definition) is 1. The lowest BCUT2D eigenvalue weighted by atomic mass is 10.1. The Balaban J connectivity index is 1.88. The highest BCUT2D eigenvalue weighted by molar-refractivity contribution is 7.89. The number of fused-ring (bicyclic) bond motifs is 2. The fourth-order valence-electron chi connectivity index (χ4n) is 2.88. The molecule has 1 aromatic rings. The SMILES string of the molecule is Cn1nccc1S(=O)(=O)N1CCC2CCC(C1)N2. The Morgan fingerprint density at radius 1 is 1.33 bits per heavy atom. The van der Waals surface area contributed by atoms with E-state index >= 15 is 0 Å². The molecule has 1 aromatic heterocycles. The van der Waals surface area contributed by atoms with Crippen molar-refractivity contribution in [3.8, 4) is 0 Å². The molecule has 2 aliphatic rings.